The van der Waals surface area contributed by atoms with Crippen molar-refractivity contribution in [1.82, 2.24) is 0 Å². The molecule has 25 heavy (non-hydrogen) atoms. The Morgan fingerprint density at radius 3 is 2.12 bits per heavy atom. The van der Waals surface area contributed by atoms with Crippen molar-refractivity contribution in [3.05, 3.63) is 83.8 Å². The highest BCUT2D eigenvalue weighted by molar-refractivity contribution is 6.35. The minimum atomic E-state index is -0.464. The molecule has 122 valence electrons. The summed E-state index contributed by atoms with van der Waals surface area (Å²) < 4.78 is 5.07. The first-order valence-electron chi connectivity index (χ1n) is 7.58. The Kier molecular flexibility index (Phi) is 3.43. The van der Waals surface area contributed by atoms with Gasteiger partial charge in [0.2, 0.25) is 0 Å². The van der Waals surface area contributed by atoms with Crippen molar-refractivity contribution in [3.8, 4) is 0 Å². The third-order valence-electron chi connectivity index (χ3n) is 3.93. The van der Waals surface area contributed by atoms with Gasteiger partial charge >= 0.3 is 0 Å². The lowest BCUT2D eigenvalue weighted by Crippen LogP contribution is -2.30. The van der Waals surface area contributed by atoms with Gasteiger partial charge in [-0.25, -0.2) is 4.90 Å². The number of rotatable bonds is 3. The molecule has 0 spiro atoms. The quantitative estimate of drug-likeness (QED) is 0.746. The molecule has 1 N–H and O–H groups in total. The van der Waals surface area contributed by atoms with Crippen LogP contribution in [-0.2, 0) is 0 Å². The number of nitrogens with zero attached hydrogens (tertiary/aromatic N) is 1. The first-order valence-corrected chi connectivity index (χ1v) is 7.58. The van der Waals surface area contributed by atoms with Crippen LogP contribution < -0.4 is 10.2 Å². The average Bonchev–Trinajstić information content (AvgIpc) is 3.25. The van der Waals surface area contributed by atoms with Gasteiger partial charge in [-0.15, -0.1) is 0 Å². The lowest BCUT2D eigenvalue weighted by molar-refractivity contribution is 0.0923. The molecule has 0 atom stereocenters. The van der Waals surface area contributed by atoms with Crippen LogP contribution in [0.25, 0.3) is 0 Å². The Labute approximate surface area is 142 Å². The number of nitrogens with one attached hydrogen (secondary N) is 1. The SMILES string of the molecule is O=C(Nc1ccccc1N1C(=O)c2ccccc2C1=O)c1ccco1. The van der Waals surface area contributed by atoms with E-state index >= 15 is 0 Å². The molecule has 1 aliphatic heterocycles. The van der Waals surface area contributed by atoms with Crippen LogP contribution in [0, 0.1) is 0 Å². The van der Waals surface area contributed by atoms with E-state index in [0.717, 1.165) is 4.90 Å². The molecule has 0 saturated carbocycles. The van der Waals surface area contributed by atoms with Crippen molar-refractivity contribution < 1.29 is 18.8 Å². The summed E-state index contributed by atoms with van der Waals surface area (Å²) in [6.45, 7) is 0. The molecule has 4 rings (SSSR count). The van der Waals surface area contributed by atoms with Crippen LogP contribution in [-0.4, -0.2) is 17.7 Å². The van der Waals surface area contributed by atoms with Crippen LogP contribution in [0.3, 0.4) is 0 Å². The van der Waals surface area contributed by atoms with Gasteiger partial charge in [-0.2, -0.15) is 0 Å². The van der Waals surface area contributed by atoms with Gasteiger partial charge in [-0.1, -0.05) is 24.3 Å². The van der Waals surface area contributed by atoms with Gasteiger partial charge in [0, 0.05) is 0 Å². The van der Waals surface area contributed by atoms with Crippen LogP contribution in [0.15, 0.2) is 71.3 Å². The number of benzene rings is 2. The number of para-hydroxylation sites is 2. The Morgan fingerprint density at radius 1 is 0.840 bits per heavy atom. The van der Waals surface area contributed by atoms with Crippen LogP contribution in [0.2, 0.25) is 0 Å². The molecule has 6 nitrogen and oxygen atoms in total. The summed E-state index contributed by atoms with van der Waals surface area (Å²) in [5, 5.41) is 2.68. The van der Waals surface area contributed by atoms with Crippen molar-refractivity contribution in [2.24, 2.45) is 0 Å². The van der Waals surface area contributed by atoms with Crippen LogP contribution in [0.1, 0.15) is 31.3 Å². The number of fused-ring (bicyclic) bond motifs is 1. The number of carbonyl (C=O) groups excluding carboxylic acids is 3. The second-order valence-corrected chi connectivity index (χ2v) is 5.44. The zero-order chi connectivity index (χ0) is 17.4. The fraction of sp³-hybridized carbons (Fsp3) is 0. The van der Waals surface area contributed by atoms with Crippen molar-refractivity contribution in [1.29, 1.82) is 0 Å². The van der Waals surface area contributed by atoms with Crippen molar-refractivity contribution in [3.63, 3.8) is 0 Å². The fourth-order valence-electron chi connectivity index (χ4n) is 2.77. The predicted molar refractivity (Wildman–Crippen MR) is 90.7 cm³/mol. The number of carbonyl (C=O) groups is 3. The predicted octanol–water partition coefficient (Wildman–Crippen LogP) is 3.33. The summed E-state index contributed by atoms with van der Waals surface area (Å²) >= 11 is 0. The summed E-state index contributed by atoms with van der Waals surface area (Å²) in [6, 6.07) is 16.4. The van der Waals surface area contributed by atoms with E-state index in [4.69, 9.17) is 4.42 Å². The highest BCUT2D eigenvalue weighted by Gasteiger charge is 2.37. The van der Waals surface area contributed by atoms with E-state index in [1.807, 2.05) is 0 Å². The van der Waals surface area contributed by atoms with Crippen LogP contribution >= 0.6 is 0 Å². The Hall–Kier alpha value is -3.67. The zero-order valence-corrected chi connectivity index (χ0v) is 12.9. The Balaban J connectivity index is 1.72. The molecule has 2 heterocycles. The standard InChI is InChI=1S/C19H12N2O4/c22-17(16-10-5-11-25-16)20-14-8-3-4-9-15(14)21-18(23)12-6-1-2-7-13(12)19(21)24/h1-11H,(H,20,22). The molecule has 0 radical (unpaired) electrons. The highest BCUT2D eigenvalue weighted by atomic mass is 16.3. The van der Waals surface area contributed by atoms with Gasteiger partial charge in [0.15, 0.2) is 5.76 Å². The van der Waals surface area contributed by atoms with Crippen LogP contribution in [0.4, 0.5) is 11.4 Å². The van der Waals surface area contributed by atoms with Crippen molar-refractivity contribution in [2.75, 3.05) is 10.2 Å². The van der Waals surface area contributed by atoms with Gasteiger partial charge in [-0.3, -0.25) is 14.4 Å². The van der Waals surface area contributed by atoms with Gasteiger partial charge in [0.25, 0.3) is 17.7 Å². The molecule has 0 bridgehead atoms. The molecule has 0 saturated heterocycles. The van der Waals surface area contributed by atoms with Gasteiger partial charge in [0.1, 0.15) is 0 Å². The van der Waals surface area contributed by atoms with E-state index in [-0.39, 0.29) is 5.76 Å². The second kappa shape index (κ2) is 5.76. The highest BCUT2D eigenvalue weighted by Crippen LogP contribution is 2.33. The summed E-state index contributed by atoms with van der Waals surface area (Å²) in [5.74, 6) is -1.16. The molecular formula is C19H12N2O4. The normalized spacial score (nSPS) is 13.0. The maximum atomic E-state index is 12.6. The second-order valence-electron chi connectivity index (χ2n) is 5.44. The lowest BCUT2D eigenvalue weighted by Gasteiger charge is -2.18. The van der Waals surface area contributed by atoms with E-state index in [2.05, 4.69) is 5.32 Å². The summed E-state index contributed by atoms with van der Waals surface area (Å²) in [5.41, 5.74) is 1.35. The monoisotopic (exact) mass is 332 g/mol. The third-order valence-corrected chi connectivity index (χ3v) is 3.93. The molecule has 3 amide bonds. The van der Waals surface area contributed by atoms with Crippen molar-refractivity contribution in [2.45, 2.75) is 0 Å². The summed E-state index contributed by atoms with van der Waals surface area (Å²) in [7, 11) is 0. The molecule has 6 heteroatoms. The van der Waals surface area contributed by atoms with Crippen LogP contribution in [0.5, 0.6) is 0 Å². The Bertz CT molecular complexity index is 957. The number of hydrogen-bond donors (Lipinski definition) is 1. The van der Waals surface area contributed by atoms with Gasteiger partial charge in [-0.05, 0) is 36.4 Å². The molecule has 0 fully saturated rings. The molecule has 1 aliphatic rings. The maximum Gasteiger partial charge on any atom is 0.291 e. The topological polar surface area (TPSA) is 79.6 Å². The number of amides is 3. The first-order chi connectivity index (χ1) is 12.2. The van der Waals surface area contributed by atoms with Crippen molar-refractivity contribution >= 4 is 29.1 Å². The lowest BCUT2D eigenvalue weighted by atomic mass is 10.1. The van der Waals surface area contributed by atoms with Gasteiger partial charge < -0.3 is 9.73 Å². The number of hydrogen-bond acceptors (Lipinski definition) is 4. The summed E-state index contributed by atoms with van der Waals surface area (Å²) in [6.07, 6.45) is 1.39. The minimum Gasteiger partial charge on any atom is -0.459 e. The molecular weight excluding hydrogens is 320 g/mol. The van der Waals surface area contributed by atoms with E-state index < -0.39 is 17.7 Å². The minimum absolute atomic E-state index is 0.136. The zero-order valence-electron chi connectivity index (χ0n) is 12.9. The molecule has 0 unspecified atom stereocenters. The number of furan rings is 1. The largest absolute Gasteiger partial charge is 0.459 e. The number of anilines is 2. The molecule has 1 aromatic heterocycles. The van der Waals surface area contributed by atoms with E-state index in [0.29, 0.717) is 22.5 Å². The summed E-state index contributed by atoms with van der Waals surface area (Å²) in [4.78, 5) is 38.6. The van der Waals surface area contributed by atoms with E-state index in [1.165, 1.54) is 12.3 Å². The van der Waals surface area contributed by atoms with E-state index in [1.54, 1.807) is 54.6 Å². The third kappa shape index (κ3) is 2.40. The van der Waals surface area contributed by atoms with Gasteiger partial charge in [0.05, 0.1) is 28.8 Å². The van der Waals surface area contributed by atoms with E-state index in [9.17, 15) is 14.4 Å². The molecule has 2 aromatic carbocycles. The maximum absolute atomic E-state index is 12.6. The number of imide groups is 1. The molecule has 0 aliphatic carbocycles. The smallest absolute Gasteiger partial charge is 0.291 e. The fourth-order valence-corrected chi connectivity index (χ4v) is 2.77. The first kappa shape index (κ1) is 14.9. The average molecular weight is 332 g/mol. The molecule has 3 aromatic rings. The Morgan fingerprint density at radius 2 is 1.48 bits per heavy atom.